The second kappa shape index (κ2) is 8.71. The predicted molar refractivity (Wildman–Crippen MR) is 86.9 cm³/mol. The fourth-order valence-corrected chi connectivity index (χ4v) is 2.47. The maximum atomic E-state index is 5.56. The average molecular weight is 381 g/mol. The molecule has 1 atom stereocenters. The summed E-state index contributed by atoms with van der Waals surface area (Å²) in [5, 5.41) is 8.66. The van der Waals surface area contributed by atoms with Crippen LogP contribution >= 0.6 is 35.3 Å². The predicted octanol–water partition coefficient (Wildman–Crippen LogP) is 2.21. The lowest BCUT2D eigenvalue weighted by Crippen LogP contribution is -2.40. The van der Waals surface area contributed by atoms with Crippen LogP contribution in [0.3, 0.4) is 0 Å². The van der Waals surface area contributed by atoms with E-state index in [0.717, 1.165) is 32.1 Å². The molecule has 0 aliphatic carbocycles. The van der Waals surface area contributed by atoms with Crippen LogP contribution in [0.2, 0.25) is 0 Å². The van der Waals surface area contributed by atoms with E-state index in [1.54, 1.807) is 18.4 Å². The minimum absolute atomic E-state index is 0. The van der Waals surface area contributed by atoms with Gasteiger partial charge in [-0.05, 0) is 24.3 Å². The van der Waals surface area contributed by atoms with Crippen LogP contribution in [0, 0.1) is 0 Å². The van der Waals surface area contributed by atoms with Gasteiger partial charge in [-0.3, -0.25) is 4.99 Å². The highest BCUT2D eigenvalue weighted by molar-refractivity contribution is 14.0. The molecule has 2 rings (SSSR count). The van der Waals surface area contributed by atoms with E-state index in [0.29, 0.717) is 6.10 Å². The Kier molecular flexibility index (Phi) is 7.60. The number of halogens is 1. The summed E-state index contributed by atoms with van der Waals surface area (Å²) >= 11 is 1.75. The maximum absolute atomic E-state index is 5.56. The number of hydrogen-bond acceptors (Lipinski definition) is 3. The minimum atomic E-state index is 0. The number of hydrogen-bond donors (Lipinski definition) is 2. The lowest BCUT2D eigenvalue weighted by molar-refractivity contribution is 0.114. The van der Waals surface area contributed by atoms with Crippen molar-refractivity contribution in [3.63, 3.8) is 0 Å². The summed E-state index contributed by atoms with van der Waals surface area (Å²) in [6, 6.07) is 4.18. The topological polar surface area (TPSA) is 45.7 Å². The van der Waals surface area contributed by atoms with Crippen molar-refractivity contribution in [1.29, 1.82) is 0 Å². The van der Waals surface area contributed by atoms with E-state index in [-0.39, 0.29) is 24.0 Å². The monoisotopic (exact) mass is 381 g/mol. The number of aliphatic imine (C=N–C) groups is 1. The third-order valence-electron chi connectivity index (χ3n) is 2.75. The van der Waals surface area contributed by atoms with Crippen molar-refractivity contribution in [3.8, 4) is 0 Å². The van der Waals surface area contributed by atoms with Crippen LogP contribution in [0.1, 0.15) is 17.7 Å². The Bertz CT molecular complexity index is 350. The molecule has 1 saturated heterocycles. The van der Waals surface area contributed by atoms with Gasteiger partial charge in [0, 0.05) is 25.1 Å². The molecule has 1 fully saturated rings. The summed E-state index contributed by atoms with van der Waals surface area (Å²) in [7, 11) is 1.79. The Morgan fingerprint density at radius 2 is 2.44 bits per heavy atom. The number of nitrogens with zero attached hydrogens (tertiary/aromatic N) is 1. The first kappa shape index (κ1) is 15.7. The third-order valence-corrected chi connectivity index (χ3v) is 3.63. The van der Waals surface area contributed by atoms with Gasteiger partial charge in [-0.2, -0.15) is 0 Å². The fraction of sp³-hybridized carbons (Fsp3) is 0.583. The normalized spacial score (nSPS) is 19.4. The van der Waals surface area contributed by atoms with Gasteiger partial charge in [-0.1, -0.05) is 6.07 Å². The second-order valence-corrected chi connectivity index (χ2v) is 5.05. The molecule has 0 saturated carbocycles. The van der Waals surface area contributed by atoms with E-state index in [1.807, 2.05) is 0 Å². The number of nitrogens with one attached hydrogen (secondary N) is 2. The van der Waals surface area contributed by atoms with Crippen LogP contribution in [0.15, 0.2) is 22.5 Å². The SMILES string of the molecule is CN=C(NCc1cccs1)NCC1CCCO1.I. The molecule has 1 aromatic rings. The van der Waals surface area contributed by atoms with Gasteiger partial charge in [0.05, 0.1) is 12.6 Å². The molecule has 1 aliphatic rings. The van der Waals surface area contributed by atoms with Gasteiger partial charge < -0.3 is 15.4 Å². The molecule has 1 unspecified atom stereocenters. The van der Waals surface area contributed by atoms with Crippen molar-refractivity contribution in [2.45, 2.75) is 25.5 Å². The Balaban J connectivity index is 0.00000162. The summed E-state index contributed by atoms with van der Waals surface area (Å²) in [5.74, 6) is 0.842. The van der Waals surface area contributed by atoms with Crippen molar-refractivity contribution in [2.75, 3.05) is 20.2 Å². The van der Waals surface area contributed by atoms with Gasteiger partial charge in [-0.25, -0.2) is 0 Å². The summed E-state index contributed by atoms with van der Waals surface area (Å²) in [6.45, 7) is 2.56. The molecule has 0 aromatic carbocycles. The van der Waals surface area contributed by atoms with Crippen molar-refractivity contribution in [1.82, 2.24) is 10.6 Å². The molecule has 1 aromatic heterocycles. The van der Waals surface area contributed by atoms with Gasteiger partial charge >= 0.3 is 0 Å². The van der Waals surface area contributed by atoms with Crippen molar-refractivity contribution in [3.05, 3.63) is 22.4 Å². The summed E-state index contributed by atoms with van der Waals surface area (Å²) in [6.07, 6.45) is 2.66. The lowest BCUT2D eigenvalue weighted by Gasteiger charge is -2.14. The maximum Gasteiger partial charge on any atom is 0.191 e. The average Bonchev–Trinajstić information content (AvgIpc) is 3.02. The van der Waals surface area contributed by atoms with E-state index < -0.39 is 0 Å². The van der Waals surface area contributed by atoms with Crippen LogP contribution in [0.4, 0.5) is 0 Å². The molecule has 2 heterocycles. The van der Waals surface area contributed by atoms with Gasteiger partial charge in [0.2, 0.25) is 0 Å². The van der Waals surface area contributed by atoms with E-state index in [9.17, 15) is 0 Å². The summed E-state index contributed by atoms with van der Waals surface area (Å²) in [4.78, 5) is 5.50. The van der Waals surface area contributed by atoms with Crippen LogP contribution in [-0.4, -0.2) is 32.3 Å². The number of guanidine groups is 1. The molecule has 4 nitrogen and oxygen atoms in total. The molecular formula is C12H20IN3OS. The van der Waals surface area contributed by atoms with E-state index >= 15 is 0 Å². The molecule has 18 heavy (non-hydrogen) atoms. The number of ether oxygens (including phenoxy) is 1. The smallest absolute Gasteiger partial charge is 0.191 e. The lowest BCUT2D eigenvalue weighted by atomic mass is 10.2. The summed E-state index contributed by atoms with van der Waals surface area (Å²) in [5.41, 5.74) is 0. The van der Waals surface area contributed by atoms with Gasteiger partial charge in [0.15, 0.2) is 5.96 Å². The molecule has 6 heteroatoms. The Hall–Kier alpha value is -0.340. The van der Waals surface area contributed by atoms with Crippen LogP contribution in [0.5, 0.6) is 0 Å². The van der Waals surface area contributed by atoms with Gasteiger partial charge in [0.1, 0.15) is 0 Å². The van der Waals surface area contributed by atoms with Crippen LogP contribution in [-0.2, 0) is 11.3 Å². The highest BCUT2D eigenvalue weighted by Crippen LogP contribution is 2.10. The van der Waals surface area contributed by atoms with E-state index in [4.69, 9.17) is 4.74 Å². The first-order chi connectivity index (χ1) is 8.38. The van der Waals surface area contributed by atoms with E-state index in [2.05, 4.69) is 33.1 Å². The van der Waals surface area contributed by atoms with Crippen molar-refractivity contribution < 1.29 is 4.74 Å². The summed E-state index contributed by atoms with van der Waals surface area (Å²) < 4.78 is 5.56. The largest absolute Gasteiger partial charge is 0.376 e. The van der Waals surface area contributed by atoms with Crippen molar-refractivity contribution in [2.24, 2.45) is 4.99 Å². The Morgan fingerprint density at radius 1 is 1.56 bits per heavy atom. The molecule has 2 N–H and O–H groups in total. The first-order valence-corrected chi connectivity index (χ1v) is 6.85. The Labute approximate surface area is 129 Å². The molecule has 0 amide bonds. The van der Waals surface area contributed by atoms with E-state index in [1.165, 1.54) is 11.3 Å². The standard InChI is InChI=1S/C12H19N3OS.HI/c1-13-12(14-8-10-4-2-6-16-10)15-9-11-5-3-7-17-11;/h3,5,7,10H,2,4,6,8-9H2,1H3,(H2,13,14,15);1H. The molecule has 0 radical (unpaired) electrons. The molecular weight excluding hydrogens is 361 g/mol. The fourth-order valence-electron chi connectivity index (χ4n) is 1.82. The number of rotatable bonds is 4. The molecule has 0 bridgehead atoms. The highest BCUT2D eigenvalue weighted by Gasteiger charge is 2.15. The number of thiophene rings is 1. The first-order valence-electron chi connectivity index (χ1n) is 5.97. The molecule has 0 spiro atoms. The zero-order chi connectivity index (χ0) is 11.9. The van der Waals surface area contributed by atoms with Crippen LogP contribution in [0.25, 0.3) is 0 Å². The minimum Gasteiger partial charge on any atom is -0.376 e. The van der Waals surface area contributed by atoms with Crippen LogP contribution < -0.4 is 10.6 Å². The zero-order valence-electron chi connectivity index (χ0n) is 10.5. The quantitative estimate of drug-likeness (QED) is 0.478. The third kappa shape index (κ3) is 5.11. The Morgan fingerprint density at radius 3 is 3.06 bits per heavy atom. The zero-order valence-corrected chi connectivity index (χ0v) is 13.7. The molecule has 1 aliphatic heterocycles. The highest BCUT2D eigenvalue weighted by atomic mass is 127. The van der Waals surface area contributed by atoms with Gasteiger partial charge in [-0.15, -0.1) is 35.3 Å². The van der Waals surface area contributed by atoms with Crippen molar-refractivity contribution >= 4 is 41.3 Å². The molecule has 102 valence electrons. The second-order valence-electron chi connectivity index (χ2n) is 4.02. The van der Waals surface area contributed by atoms with Gasteiger partial charge in [0.25, 0.3) is 0 Å².